The molecule has 4 aliphatic rings. The molecule has 170 valence electrons. The fourth-order valence-electron chi connectivity index (χ4n) is 8.42. The Labute approximate surface area is 183 Å². The van der Waals surface area contributed by atoms with E-state index in [4.69, 9.17) is 0 Å². The van der Waals surface area contributed by atoms with Crippen LogP contribution in [0.4, 0.5) is 0 Å². The highest BCUT2D eigenvalue weighted by molar-refractivity contribution is 5.94. The maximum Gasteiger partial charge on any atom is 0.159 e. The van der Waals surface area contributed by atoms with Gasteiger partial charge in [0.25, 0.3) is 0 Å². The molecule has 3 saturated carbocycles. The lowest BCUT2D eigenvalue weighted by Gasteiger charge is -2.57. The molecule has 3 heteroatoms. The van der Waals surface area contributed by atoms with E-state index < -0.39 is 5.60 Å². The smallest absolute Gasteiger partial charge is 0.159 e. The number of allylic oxidation sites excluding steroid dienone is 1. The molecule has 0 bridgehead atoms. The Balaban J connectivity index is 1.52. The average molecular weight is 417 g/mol. The molecule has 0 heterocycles. The van der Waals surface area contributed by atoms with E-state index in [-0.39, 0.29) is 22.9 Å². The van der Waals surface area contributed by atoms with Crippen LogP contribution in [0.25, 0.3) is 0 Å². The Bertz CT molecular complexity index is 703. The summed E-state index contributed by atoms with van der Waals surface area (Å²) in [6, 6.07) is 0. The van der Waals surface area contributed by atoms with Crippen LogP contribution in [0.2, 0.25) is 0 Å². The van der Waals surface area contributed by atoms with E-state index in [2.05, 4.69) is 20.8 Å². The van der Waals surface area contributed by atoms with Gasteiger partial charge in [-0.3, -0.25) is 4.79 Å². The molecule has 3 fully saturated rings. The van der Waals surface area contributed by atoms with Crippen molar-refractivity contribution in [3.63, 3.8) is 0 Å². The molecule has 8 atom stereocenters. The van der Waals surface area contributed by atoms with Crippen LogP contribution in [0, 0.1) is 40.4 Å². The number of hydrogen-bond donors (Lipinski definition) is 2. The van der Waals surface area contributed by atoms with Crippen LogP contribution in [-0.4, -0.2) is 27.7 Å². The molecule has 2 N–H and O–H groups in total. The van der Waals surface area contributed by atoms with E-state index in [0.717, 1.165) is 25.7 Å². The summed E-state index contributed by atoms with van der Waals surface area (Å²) in [5.41, 5.74) is 1.07. The largest absolute Gasteiger partial charge is 0.393 e. The van der Waals surface area contributed by atoms with Crippen molar-refractivity contribution < 1.29 is 15.0 Å². The van der Waals surface area contributed by atoms with Gasteiger partial charge in [0.05, 0.1) is 11.7 Å². The second kappa shape index (κ2) is 7.73. The van der Waals surface area contributed by atoms with Gasteiger partial charge < -0.3 is 10.2 Å². The van der Waals surface area contributed by atoms with Gasteiger partial charge >= 0.3 is 0 Å². The lowest BCUT2D eigenvalue weighted by Crippen LogP contribution is -2.53. The summed E-state index contributed by atoms with van der Waals surface area (Å²) in [5.74, 6) is 2.91. The van der Waals surface area contributed by atoms with Crippen molar-refractivity contribution in [3.8, 4) is 0 Å². The third-order valence-electron chi connectivity index (χ3n) is 10.1. The number of carbonyl (C=O) groups excluding carboxylic acids is 1. The van der Waals surface area contributed by atoms with Gasteiger partial charge in [0, 0.05) is 5.92 Å². The van der Waals surface area contributed by atoms with Gasteiger partial charge in [-0.1, -0.05) is 39.2 Å². The van der Waals surface area contributed by atoms with Crippen LogP contribution in [0.5, 0.6) is 0 Å². The summed E-state index contributed by atoms with van der Waals surface area (Å²) in [6.07, 6.45) is 12.3. The second-order valence-corrected chi connectivity index (χ2v) is 12.5. The molecule has 0 aliphatic heterocycles. The third kappa shape index (κ3) is 3.72. The Kier molecular flexibility index (Phi) is 5.80. The summed E-state index contributed by atoms with van der Waals surface area (Å²) in [5, 5.41) is 20.3. The van der Waals surface area contributed by atoms with Crippen molar-refractivity contribution >= 4 is 5.78 Å². The first-order chi connectivity index (χ1) is 14.0. The molecule has 0 radical (unpaired) electrons. The third-order valence-corrected chi connectivity index (χ3v) is 10.1. The average Bonchev–Trinajstić information content (AvgIpc) is 2.99. The summed E-state index contributed by atoms with van der Waals surface area (Å²) < 4.78 is 0. The molecule has 4 rings (SSSR count). The van der Waals surface area contributed by atoms with Crippen molar-refractivity contribution in [2.24, 2.45) is 40.4 Å². The van der Waals surface area contributed by atoms with E-state index in [1.165, 1.54) is 37.7 Å². The summed E-state index contributed by atoms with van der Waals surface area (Å²) in [6.45, 7) is 11.1. The number of carbonyl (C=O) groups is 1. The van der Waals surface area contributed by atoms with Gasteiger partial charge in [-0.2, -0.15) is 0 Å². The fourth-order valence-corrected chi connectivity index (χ4v) is 8.42. The van der Waals surface area contributed by atoms with Crippen LogP contribution in [0.15, 0.2) is 11.6 Å². The number of rotatable bonds is 5. The van der Waals surface area contributed by atoms with E-state index >= 15 is 0 Å². The molecule has 30 heavy (non-hydrogen) atoms. The van der Waals surface area contributed by atoms with Gasteiger partial charge in [0.1, 0.15) is 0 Å². The topological polar surface area (TPSA) is 57.5 Å². The molecule has 0 saturated heterocycles. The summed E-state index contributed by atoms with van der Waals surface area (Å²) in [4.78, 5) is 13.4. The van der Waals surface area contributed by atoms with Gasteiger partial charge in [-0.05, 0) is 106 Å². The SMILES string of the molecule is CC(CCCC(C)(C)O)[C@H]1CC[C@H]2[C@@H]3C(=O)C=C4C[C@@H](O)CC[C@]4(C)[C@H]3CC[C@]12C. The Morgan fingerprint density at radius 3 is 2.57 bits per heavy atom. The van der Waals surface area contributed by atoms with E-state index in [9.17, 15) is 15.0 Å². The van der Waals surface area contributed by atoms with Crippen LogP contribution in [-0.2, 0) is 4.79 Å². The molecule has 4 aliphatic carbocycles. The molecular formula is C27H44O3. The van der Waals surface area contributed by atoms with Crippen LogP contribution < -0.4 is 0 Å². The normalized spacial score (nSPS) is 44.7. The first-order valence-corrected chi connectivity index (χ1v) is 12.6. The zero-order chi connectivity index (χ0) is 21.9. The molecule has 0 aromatic heterocycles. The summed E-state index contributed by atoms with van der Waals surface area (Å²) in [7, 11) is 0. The second-order valence-electron chi connectivity index (χ2n) is 12.5. The lowest BCUT2D eigenvalue weighted by molar-refractivity contribution is -0.135. The monoisotopic (exact) mass is 416 g/mol. The standard InChI is InChI=1S/C27H44O3/c1-17(7-6-12-25(2,3)30)20-8-9-21-24-22(11-14-27(20,21)5)26(4)13-10-19(28)15-18(26)16-23(24)29/h16-17,19-22,24,28,30H,6-15H2,1-5H3/t17?,19-,20+,21-,22-,24-,26-,27+/m0/s1. The van der Waals surface area contributed by atoms with Crippen LogP contribution >= 0.6 is 0 Å². The Morgan fingerprint density at radius 2 is 1.87 bits per heavy atom. The molecule has 0 spiro atoms. The Morgan fingerprint density at radius 1 is 1.13 bits per heavy atom. The molecular weight excluding hydrogens is 372 g/mol. The van der Waals surface area contributed by atoms with Gasteiger partial charge in [0.15, 0.2) is 5.78 Å². The van der Waals surface area contributed by atoms with Crippen molar-refractivity contribution in [2.45, 2.75) is 111 Å². The zero-order valence-corrected chi connectivity index (χ0v) is 19.9. The van der Waals surface area contributed by atoms with Crippen molar-refractivity contribution in [1.82, 2.24) is 0 Å². The lowest BCUT2D eigenvalue weighted by atomic mass is 9.46. The van der Waals surface area contributed by atoms with Crippen LogP contribution in [0.1, 0.15) is 98.8 Å². The quantitative estimate of drug-likeness (QED) is 0.606. The highest BCUT2D eigenvalue weighted by Gasteiger charge is 2.61. The van der Waals surface area contributed by atoms with Gasteiger partial charge in [0.2, 0.25) is 0 Å². The van der Waals surface area contributed by atoms with E-state index in [1.807, 2.05) is 19.9 Å². The molecule has 0 amide bonds. The van der Waals surface area contributed by atoms with Gasteiger partial charge in [-0.25, -0.2) is 0 Å². The van der Waals surface area contributed by atoms with Gasteiger partial charge in [-0.15, -0.1) is 0 Å². The number of fused-ring (bicyclic) bond motifs is 5. The van der Waals surface area contributed by atoms with Crippen LogP contribution in [0.3, 0.4) is 0 Å². The Hall–Kier alpha value is -0.670. The minimum absolute atomic E-state index is 0.121. The number of aliphatic hydroxyl groups excluding tert-OH is 1. The first-order valence-electron chi connectivity index (χ1n) is 12.6. The minimum atomic E-state index is -0.568. The minimum Gasteiger partial charge on any atom is -0.393 e. The molecule has 0 aromatic rings. The molecule has 1 unspecified atom stereocenters. The number of ketones is 1. The van der Waals surface area contributed by atoms with E-state index in [0.29, 0.717) is 35.9 Å². The maximum atomic E-state index is 13.4. The number of hydrogen-bond acceptors (Lipinski definition) is 3. The highest BCUT2D eigenvalue weighted by atomic mass is 16.3. The predicted octanol–water partition coefficient (Wildman–Crippen LogP) is 5.68. The molecule has 3 nitrogen and oxygen atoms in total. The van der Waals surface area contributed by atoms with Crippen molar-refractivity contribution in [3.05, 3.63) is 11.6 Å². The predicted molar refractivity (Wildman–Crippen MR) is 121 cm³/mol. The molecule has 0 aromatic carbocycles. The van der Waals surface area contributed by atoms with Crippen molar-refractivity contribution in [1.29, 1.82) is 0 Å². The number of aliphatic hydroxyl groups is 2. The fraction of sp³-hybridized carbons (Fsp3) is 0.889. The zero-order valence-electron chi connectivity index (χ0n) is 19.9. The van der Waals surface area contributed by atoms with Crippen molar-refractivity contribution in [2.75, 3.05) is 0 Å². The summed E-state index contributed by atoms with van der Waals surface area (Å²) >= 11 is 0. The maximum absolute atomic E-state index is 13.4. The highest BCUT2D eigenvalue weighted by Crippen LogP contribution is 2.66. The van der Waals surface area contributed by atoms with E-state index in [1.54, 1.807) is 0 Å². The first kappa shape index (κ1) is 22.5.